The van der Waals surface area contributed by atoms with Crippen molar-refractivity contribution < 1.29 is 27.9 Å². The Morgan fingerprint density at radius 2 is 1.74 bits per heavy atom. The number of ether oxygens (including phenoxy) is 1. The molecule has 3 N–H and O–H groups in total. The van der Waals surface area contributed by atoms with Crippen molar-refractivity contribution in [1.82, 2.24) is 20.7 Å². The molecule has 10 nitrogen and oxygen atoms in total. The van der Waals surface area contributed by atoms with E-state index in [-0.39, 0.29) is 48.1 Å². The molecule has 3 atom stereocenters. The second kappa shape index (κ2) is 14.7. The summed E-state index contributed by atoms with van der Waals surface area (Å²) in [7, 11) is -0.326. The topological polar surface area (TPSA) is 128 Å². The lowest BCUT2D eigenvalue weighted by atomic mass is 9.91. The Hall–Kier alpha value is -2.99. The van der Waals surface area contributed by atoms with E-state index in [0.29, 0.717) is 18.8 Å². The van der Waals surface area contributed by atoms with Crippen LogP contribution in [0.3, 0.4) is 0 Å². The van der Waals surface area contributed by atoms with Gasteiger partial charge in [-0.05, 0) is 61.2 Å². The normalized spacial score (nSPS) is 15.5. The number of carbonyl (C=O) groups is 2. The summed E-state index contributed by atoms with van der Waals surface area (Å²) in [6.45, 7) is 9.84. The summed E-state index contributed by atoms with van der Waals surface area (Å²) in [6, 6.07) is 13.4. The predicted octanol–water partition coefficient (Wildman–Crippen LogP) is 2.80. The molecule has 1 aliphatic heterocycles. The number of aliphatic hydroxyl groups is 1. The first-order valence-electron chi connectivity index (χ1n) is 14.8. The van der Waals surface area contributed by atoms with Crippen molar-refractivity contribution in [1.29, 1.82) is 0 Å². The molecule has 43 heavy (non-hydrogen) atoms. The summed E-state index contributed by atoms with van der Waals surface area (Å²) in [5, 5.41) is 15.0. The zero-order valence-corrected chi connectivity index (χ0v) is 27.3. The summed E-state index contributed by atoms with van der Waals surface area (Å²) >= 11 is 0. The molecule has 3 rings (SSSR count). The molecule has 2 amide bonds. The molecule has 0 bridgehead atoms. The molecule has 11 heteroatoms. The fraction of sp³-hybridized carbons (Fsp3) is 0.562. The molecule has 0 aliphatic carbocycles. The van der Waals surface area contributed by atoms with Crippen LogP contribution in [-0.4, -0.2) is 86.6 Å². The van der Waals surface area contributed by atoms with Crippen molar-refractivity contribution in [3.05, 3.63) is 59.7 Å². The number of hydrogen-bond donors (Lipinski definition) is 3. The number of carbonyl (C=O) groups excluding carboxylic acids is 2. The molecule has 2 aromatic rings. The van der Waals surface area contributed by atoms with Gasteiger partial charge in [0.2, 0.25) is 5.91 Å². The Balaban J connectivity index is 1.91. The maximum atomic E-state index is 13.8. The van der Waals surface area contributed by atoms with E-state index in [1.807, 2.05) is 51.1 Å². The molecular formula is C32H48N4O6S. The average Bonchev–Trinajstić information content (AvgIpc) is 3.37. The summed E-state index contributed by atoms with van der Waals surface area (Å²) in [5.41, 5.74) is 4.08. The van der Waals surface area contributed by atoms with Crippen LogP contribution >= 0.6 is 0 Å². The first-order valence-corrected chi connectivity index (χ1v) is 16.3. The summed E-state index contributed by atoms with van der Waals surface area (Å²) in [5.74, 6) is -0.363. The quantitative estimate of drug-likeness (QED) is 0.293. The first-order chi connectivity index (χ1) is 20.1. The fourth-order valence-corrected chi connectivity index (χ4v) is 7.03. The molecule has 0 fully saturated rings. The second-order valence-electron chi connectivity index (χ2n) is 13.1. The van der Waals surface area contributed by atoms with Crippen LogP contribution in [0.1, 0.15) is 52.2 Å². The van der Waals surface area contributed by atoms with E-state index in [1.165, 1.54) is 5.01 Å². The van der Waals surface area contributed by atoms with Crippen molar-refractivity contribution in [2.45, 2.75) is 76.3 Å². The highest BCUT2D eigenvalue weighted by atomic mass is 32.2. The highest BCUT2D eigenvalue weighted by Crippen LogP contribution is 2.30. The number of hydrogen-bond acceptors (Lipinski definition) is 8. The number of amides is 2. The smallest absolute Gasteiger partial charge is 0.252 e. The molecule has 1 heterocycles. The van der Waals surface area contributed by atoms with Crippen molar-refractivity contribution >= 4 is 21.7 Å². The fourth-order valence-electron chi connectivity index (χ4n) is 5.14. The summed E-state index contributed by atoms with van der Waals surface area (Å²) < 4.78 is 33.1. The molecule has 1 aliphatic rings. The Kier molecular flexibility index (Phi) is 11.8. The van der Waals surface area contributed by atoms with Crippen molar-refractivity contribution in [2.24, 2.45) is 11.3 Å². The molecule has 0 saturated carbocycles. The standard InChI is InChI=1S/C32H48N4O6S/c1-22(2)31(43(40,41)25-13-14-28-24(18-25)15-16-42-28)33-20-27(37)26(17-23-11-9-8-10-12-23)36(30(39)19-32(3,4)5)34-29(38)21-35(6)7/h8-14,18,22,26-27,31,33,37H,15-17,19-21H2,1-7H3,(H,34,38)/t26?,27-,31?/m1/s1. The van der Waals surface area contributed by atoms with Crippen LogP contribution in [0.5, 0.6) is 5.75 Å². The molecule has 2 unspecified atom stereocenters. The summed E-state index contributed by atoms with van der Waals surface area (Å²) in [6.07, 6.45) is -0.193. The van der Waals surface area contributed by atoms with Crippen molar-refractivity contribution in [3.63, 3.8) is 0 Å². The highest BCUT2D eigenvalue weighted by Gasteiger charge is 2.36. The minimum atomic E-state index is -3.83. The number of benzene rings is 2. The number of fused-ring (bicyclic) bond motifs is 1. The minimum Gasteiger partial charge on any atom is -0.493 e. The van der Waals surface area contributed by atoms with Gasteiger partial charge in [0, 0.05) is 19.4 Å². The lowest BCUT2D eigenvalue weighted by molar-refractivity contribution is -0.149. The SMILES string of the molecule is CC(C)C(NC[C@@H](O)C(Cc1ccccc1)N(NC(=O)CN(C)C)C(=O)CC(C)(C)C)S(=O)(=O)c1ccc2c(c1)CCO2. The molecular weight excluding hydrogens is 568 g/mol. The minimum absolute atomic E-state index is 0.0468. The number of rotatable bonds is 13. The van der Waals surface area contributed by atoms with Gasteiger partial charge in [-0.3, -0.25) is 20.3 Å². The predicted molar refractivity (Wildman–Crippen MR) is 167 cm³/mol. The van der Waals surface area contributed by atoms with E-state index in [2.05, 4.69) is 10.7 Å². The van der Waals surface area contributed by atoms with Gasteiger partial charge >= 0.3 is 0 Å². The van der Waals surface area contributed by atoms with E-state index in [4.69, 9.17) is 4.74 Å². The van der Waals surface area contributed by atoms with Gasteiger partial charge in [-0.25, -0.2) is 13.4 Å². The Bertz CT molecular complexity index is 1340. The third kappa shape index (κ3) is 9.76. The van der Waals surface area contributed by atoms with E-state index < -0.39 is 33.3 Å². The van der Waals surface area contributed by atoms with E-state index in [9.17, 15) is 23.1 Å². The lowest BCUT2D eigenvalue weighted by Crippen LogP contribution is -2.60. The van der Waals surface area contributed by atoms with Gasteiger partial charge < -0.3 is 14.7 Å². The molecule has 2 aromatic carbocycles. The van der Waals surface area contributed by atoms with Crippen LogP contribution in [0.25, 0.3) is 0 Å². The van der Waals surface area contributed by atoms with E-state index in [1.54, 1.807) is 51.0 Å². The van der Waals surface area contributed by atoms with Crippen LogP contribution in [-0.2, 0) is 32.3 Å². The van der Waals surface area contributed by atoms with Crippen LogP contribution in [0.15, 0.2) is 53.4 Å². The van der Waals surface area contributed by atoms with E-state index >= 15 is 0 Å². The van der Waals surface area contributed by atoms with Crippen LogP contribution in [0, 0.1) is 11.3 Å². The van der Waals surface area contributed by atoms with Crippen molar-refractivity contribution in [2.75, 3.05) is 33.8 Å². The Labute approximate surface area is 256 Å². The van der Waals surface area contributed by atoms with Gasteiger partial charge in [-0.15, -0.1) is 0 Å². The number of aliphatic hydroxyl groups excluding tert-OH is 1. The van der Waals surface area contributed by atoms with Gasteiger partial charge in [0.1, 0.15) is 11.1 Å². The zero-order valence-electron chi connectivity index (χ0n) is 26.5. The number of nitrogens with one attached hydrogen (secondary N) is 2. The van der Waals surface area contributed by atoms with Gasteiger partial charge in [0.25, 0.3) is 5.91 Å². The average molecular weight is 617 g/mol. The third-order valence-electron chi connectivity index (χ3n) is 7.18. The number of nitrogens with zero attached hydrogens (tertiary/aromatic N) is 2. The number of likely N-dealkylation sites (N-methyl/N-ethyl adjacent to an activating group) is 1. The van der Waals surface area contributed by atoms with Gasteiger partial charge in [0.05, 0.1) is 30.2 Å². The second-order valence-corrected chi connectivity index (χ2v) is 15.2. The van der Waals surface area contributed by atoms with Crippen molar-refractivity contribution in [3.8, 4) is 5.75 Å². The van der Waals surface area contributed by atoms with E-state index in [0.717, 1.165) is 11.1 Å². The maximum absolute atomic E-state index is 13.8. The lowest BCUT2D eigenvalue weighted by Gasteiger charge is -2.37. The van der Waals surface area contributed by atoms with Crippen LogP contribution < -0.4 is 15.5 Å². The number of sulfone groups is 1. The van der Waals surface area contributed by atoms with Crippen LogP contribution in [0.2, 0.25) is 0 Å². The number of hydrazine groups is 1. The molecule has 0 radical (unpaired) electrons. The maximum Gasteiger partial charge on any atom is 0.252 e. The van der Waals surface area contributed by atoms with Crippen LogP contribution in [0.4, 0.5) is 0 Å². The summed E-state index contributed by atoms with van der Waals surface area (Å²) in [4.78, 5) is 28.4. The monoisotopic (exact) mass is 616 g/mol. The van der Waals surface area contributed by atoms with Gasteiger partial charge in [-0.1, -0.05) is 65.0 Å². The van der Waals surface area contributed by atoms with Gasteiger partial charge in [0.15, 0.2) is 9.84 Å². The highest BCUT2D eigenvalue weighted by molar-refractivity contribution is 7.92. The molecule has 0 spiro atoms. The Morgan fingerprint density at radius 1 is 1.07 bits per heavy atom. The van der Waals surface area contributed by atoms with Gasteiger partial charge in [-0.2, -0.15) is 0 Å². The first kappa shape index (κ1) is 34.5. The molecule has 0 saturated heterocycles. The third-order valence-corrected chi connectivity index (χ3v) is 9.47. The largest absolute Gasteiger partial charge is 0.493 e. The molecule has 0 aromatic heterocycles. The Morgan fingerprint density at radius 3 is 2.35 bits per heavy atom. The molecule has 238 valence electrons. The zero-order chi connectivity index (χ0) is 31.9.